The number of hydrogen-bond donors (Lipinski definition) is 0. The summed E-state index contributed by atoms with van der Waals surface area (Å²) in [6, 6.07) is 10.2. The molecule has 0 unspecified atom stereocenters. The molecule has 0 fully saturated rings. The summed E-state index contributed by atoms with van der Waals surface area (Å²) in [6.45, 7) is 4.67. The number of anilines is 2. The maximum Gasteiger partial charge on any atom is 0.190 e. The number of nitrogens with zero attached hydrogens (tertiary/aromatic N) is 2. The molecular weight excluding hydrogens is 256 g/mol. The summed E-state index contributed by atoms with van der Waals surface area (Å²) in [5.74, 6) is 0.0762. The summed E-state index contributed by atoms with van der Waals surface area (Å²) in [6.07, 6.45) is 3.91. The van der Waals surface area contributed by atoms with E-state index >= 15 is 0 Å². The van der Waals surface area contributed by atoms with Crippen LogP contribution in [0.25, 0.3) is 0 Å². The van der Waals surface area contributed by atoms with Crippen molar-refractivity contribution in [2.24, 2.45) is 0 Å². The first kappa shape index (κ1) is 13.7. The first-order valence-electron chi connectivity index (χ1n) is 6.51. The Morgan fingerprint density at radius 3 is 2.63 bits per heavy atom. The molecule has 1 aromatic carbocycles. The summed E-state index contributed by atoms with van der Waals surface area (Å²) < 4.78 is 0. The molecule has 0 atom stereocenters. The molecule has 2 aromatic rings. The zero-order chi connectivity index (χ0) is 13.7. The second kappa shape index (κ2) is 6.48. The maximum absolute atomic E-state index is 11.4. The lowest BCUT2D eigenvalue weighted by Gasteiger charge is -2.21. The van der Waals surface area contributed by atoms with Crippen molar-refractivity contribution in [3.63, 3.8) is 0 Å². The standard InChI is InChI=1S/C15H18N2OS/c1-3-4-10-17(13-8-6-5-7-9-13)15-16-11-14(19-15)12(2)18/h5-9,11H,3-4,10H2,1-2H3. The third-order valence-electron chi connectivity index (χ3n) is 2.87. The van der Waals surface area contributed by atoms with Crippen LogP contribution in [0.4, 0.5) is 10.8 Å². The van der Waals surface area contributed by atoms with Gasteiger partial charge in [0.15, 0.2) is 10.9 Å². The van der Waals surface area contributed by atoms with Gasteiger partial charge >= 0.3 is 0 Å². The predicted octanol–water partition coefficient (Wildman–Crippen LogP) is 4.28. The van der Waals surface area contributed by atoms with Gasteiger partial charge in [0, 0.05) is 19.2 Å². The molecule has 1 aromatic heterocycles. The molecule has 0 aliphatic heterocycles. The highest BCUT2D eigenvalue weighted by Crippen LogP contribution is 2.29. The first-order valence-corrected chi connectivity index (χ1v) is 7.33. The Hall–Kier alpha value is -1.68. The molecule has 19 heavy (non-hydrogen) atoms. The highest BCUT2D eigenvalue weighted by Gasteiger charge is 2.14. The Morgan fingerprint density at radius 1 is 1.32 bits per heavy atom. The average Bonchev–Trinajstić information content (AvgIpc) is 2.90. The molecule has 0 bridgehead atoms. The van der Waals surface area contributed by atoms with Crippen molar-refractivity contribution in [1.29, 1.82) is 0 Å². The third-order valence-corrected chi connectivity index (χ3v) is 4.00. The second-order valence-corrected chi connectivity index (χ2v) is 5.41. The number of carbonyl (C=O) groups excluding carboxylic acids is 1. The van der Waals surface area contributed by atoms with E-state index in [2.05, 4.69) is 28.9 Å². The lowest BCUT2D eigenvalue weighted by Crippen LogP contribution is -2.17. The van der Waals surface area contributed by atoms with E-state index in [1.54, 1.807) is 13.1 Å². The Labute approximate surface area is 117 Å². The van der Waals surface area contributed by atoms with Gasteiger partial charge in [-0.1, -0.05) is 42.9 Å². The van der Waals surface area contributed by atoms with Crippen molar-refractivity contribution in [3.05, 3.63) is 41.4 Å². The quantitative estimate of drug-likeness (QED) is 0.737. The smallest absolute Gasteiger partial charge is 0.190 e. The van der Waals surface area contributed by atoms with Crippen molar-refractivity contribution < 1.29 is 4.79 Å². The fourth-order valence-electron chi connectivity index (χ4n) is 1.81. The molecule has 0 amide bonds. The summed E-state index contributed by atoms with van der Waals surface area (Å²) in [5.41, 5.74) is 1.13. The molecule has 0 aliphatic carbocycles. The number of hydrogen-bond acceptors (Lipinski definition) is 4. The summed E-state index contributed by atoms with van der Waals surface area (Å²) in [7, 11) is 0. The first-order chi connectivity index (χ1) is 9.22. The number of thiazole rings is 1. The Balaban J connectivity index is 2.28. The molecular formula is C15H18N2OS. The van der Waals surface area contributed by atoms with Gasteiger partial charge in [-0.25, -0.2) is 4.98 Å². The predicted molar refractivity (Wildman–Crippen MR) is 80.5 cm³/mol. The van der Waals surface area contributed by atoms with Crippen molar-refractivity contribution >= 4 is 27.9 Å². The lowest BCUT2D eigenvalue weighted by molar-refractivity contribution is 0.102. The summed E-state index contributed by atoms with van der Waals surface area (Å²) >= 11 is 1.46. The lowest BCUT2D eigenvalue weighted by atomic mass is 10.2. The SMILES string of the molecule is CCCCN(c1ccccc1)c1ncc(C(C)=O)s1. The Bertz CT molecular complexity index is 536. The highest BCUT2D eigenvalue weighted by molar-refractivity contribution is 7.17. The van der Waals surface area contributed by atoms with Crippen molar-refractivity contribution in [1.82, 2.24) is 4.98 Å². The second-order valence-electron chi connectivity index (χ2n) is 4.40. The van der Waals surface area contributed by atoms with E-state index < -0.39 is 0 Å². The van der Waals surface area contributed by atoms with Crippen LogP contribution in [0, 0.1) is 0 Å². The van der Waals surface area contributed by atoms with E-state index in [4.69, 9.17) is 0 Å². The van der Waals surface area contributed by atoms with E-state index in [9.17, 15) is 4.79 Å². The molecule has 0 aliphatic rings. The minimum atomic E-state index is 0.0762. The van der Waals surface area contributed by atoms with Gasteiger partial charge in [-0.15, -0.1) is 0 Å². The molecule has 0 N–H and O–H groups in total. The zero-order valence-corrected chi connectivity index (χ0v) is 12.1. The summed E-state index contributed by atoms with van der Waals surface area (Å²) in [4.78, 5) is 18.7. The number of ketones is 1. The van der Waals surface area contributed by atoms with Crippen LogP contribution in [0.1, 0.15) is 36.4 Å². The van der Waals surface area contributed by atoms with Gasteiger partial charge in [-0.2, -0.15) is 0 Å². The molecule has 100 valence electrons. The molecule has 1 heterocycles. The number of rotatable bonds is 6. The van der Waals surface area contributed by atoms with Crippen LogP contribution in [-0.4, -0.2) is 17.3 Å². The van der Waals surface area contributed by atoms with Gasteiger partial charge in [0.25, 0.3) is 0 Å². The number of para-hydroxylation sites is 1. The van der Waals surface area contributed by atoms with E-state index in [1.165, 1.54) is 11.3 Å². The van der Waals surface area contributed by atoms with Crippen molar-refractivity contribution in [3.8, 4) is 0 Å². The van der Waals surface area contributed by atoms with E-state index in [0.29, 0.717) is 4.88 Å². The molecule has 0 saturated carbocycles. The zero-order valence-electron chi connectivity index (χ0n) is 11.3. The number of benzene rings is 1. The van der Waals surface area contributed by atoms with Gasteiger partial charge in [-0.05, 0) is 18.6 Å². The molecule has 4 heteroatoms. The van der Waals surface area contributed by atoms with Crippen LogP contribution < -0.4 is 4.90 Å². The van der Waals surface area contributed by atoms with E-state index in [1.807, 2.05) is 18.2 Å². The van der Waals surface area contributed by atoms with Crippen LogP contribution in [-0.2, 0) is 0 Å². The van der Waals surface area contributed by atoms with Crippen LogP contribution >= 0.6 is 11.3 Å². The van der Waals surface area contributed by atoms with Gasteiger partial charge in [0.2, 0.25) is 0 Å². The minimum Gasteiger partial charge on any atom is -0.318 e. The van der Waals surface area contributed by atoms with Crippen molar-refractivity contribution in [2.75, 3.05) is 11.4 Å². The number of Topliss-reactive ketones (excluding diaryl/α,β-unsaturated/α-hetero) is 1. The Kier molecular flexibility index (Phi) is 4.68. The van der Waals surface area contributed by atoms with Gasteiger partial charge < -0.3 is 4.90 Å². The normalized spacial score (nSPS) is 10.4. The molecule has 3 nitrogen and oxygen atoms in total. The third kappa shape index (κ3) is 3.41. The number of carbonyl (C=O) groups is 1. The molecule has 2 rings (SSSR count). The van der Waals surface area contributed by atoms with E-state index in [0.717, 1.165) is 30.2 Å². The highest BCUT2D eigenvalue weighted by atomic mass is 32.1. The van der Waals surface area contributed by atoms with Gasteiger partial charge in [0.05, 0.1) is 11.1 Å². The number of aromatic nitrogens is 1. The molecule has 0 radical (unpaired) electrons. The maximum atomic E-state index is 11.4. The molecule has 0 saturated heterocycles. The van der Waals surface area contributed by atoms with Crippen LogP contribution in [0.15, 0.2) is 36.5 Å². The minimum absolute atomic E-state index is 0.0762. The van der Waals surface area contributed by atoms with Crippen LogP contribution in [0.3, 0.4) is 0 Å². The van der Waals surface area contributed by atoms with Crippen molar-refractivity contribution in [2.45, 2.75) is 26.7 Å². The summed E-state index contributed by atoms with van der Waals surface area (Å²) in [5, 5.41) is 0.893. The number of unbranched alkanes of at least 4 members (excludes halogenated alkanes) is 1. The monoisotopic (exact) mass is 274 g/mol. The fourth-order valence-corrected chi connectivity index (χ4v) is 2.67. The topological polar surface area (TPSA) is 33.2 Å². The Morgan fingerprint density at radius 2 is 2.05 bits per heavy atom. The average molecular weight is 274 g/mol. The molecule has 0 spiro atoms. The fraction of sp³-hybridized carbons (Fsp3) is 0.333. The van der Waals surface area contributed by atoms with Crippen LogP contribution in [0.5, 0.6) is 0 Å². The van der Waals surface area contributed by atoms with Crippen LogP contribution in [0.2, 0.25) is 0 Å². The van der Waals surface area contributed by atoms with Gasteiger partial charge in [0.1, 0.15) is 0 Å². The largest absolute Gasteiger partial charge is 0.318 e. The van der Waals surface area contributed by atoms with E-state index in [-0.39, 0.29) is 5.78 Å². The van der Waals surface area contributed by atoms with Gasteiger partial charge in [-0.3, -0.25) is 4.79 Å².